The molecule has 108 valence electrons. The lowest BCUT2D eigenvalue weighted by molar-refractivity contribution is 0.345. The topological polar surface area (TPSA) is 46.6 Å². The first-order valence-electron chi connectivity index (χ1n) is 6.99. The maximum Gasteiger partial charge on any atom is 0.311 e. The molecule has 20 heavy (non-hydrogen) atoms. The first-order chi connectivity index (χ1) is 9.57. The van der Waals surface area contributed by atoms with E-state index in [1.807, 2.05) is 37.4 Å². The van der Waals surface area contributed by atoms with Crippen molar-refractivity contribution >= 4 is 15.8 Å². The van der Waals surface area contributed by atoms with Crippen LogP contribution in [0.4, 0.5) is 5.69 Å². The molecule has 0 unspecified atom stereocenters. The minimum Gasteiger partial charge on any atom is -0.387 e. The summed E-state index contributed by atoms with van der Waals surface area (Å²) < 4.78 is 29.2. The van der Waals surface area contributed by atoms with Gasteiger partial charge in [-0.1, -0.05) is 18.2 Å². The van der Waals surface area contributed by atoms with Crippen LogP contribution in [0, 0.1) is 0 Å². The third-order valence-corrected chi connectivity index (χ3v) is 5.26. The van der Waals surface area contributed by atoms with Crippen LogP contribution < -0.4 is 4.90 Å². The third-order valence-electron chi connectivity index (χ3n) is 4.08. The molecule has 5 heteroatoms. The van der Waals surface area contributed by atoms with Gasteiger partial charge in [-0.25, -0.2) is 0 Å². The fraction of sp³-hybridized carbons (Fsp3) is 0.467. The van der Waals surface area contributed by atoms with Crippen molar-refractivity contribution < 1.29 is 12.6 Å². The van der Waals surface area contributed by atoms with Gasteiger partial charge in [-0.2, -0.15) is 8.42 Å². The van der Waals surface area contributed by atoms with Gasteiger partial charge in [0.15, 0.2) is 0 Å². The molecule has 0 radical (unpaired) electrons. The quantitative estimate of drug-likeness (QED) is 0.787. The lowest BCUT2D eigenvalue weighted by Crippen LogP contribution is -2.43. The second kappa shape index (κ2) is 5.13. The van der Waals surface area contributed by atoms with Crippen molar-refractivity contribution in [3.63, 3.8) is 0 Å². The van der Waals surface area contributed by atoms with Crippen LogP contribution in [0.2, 0.25) is 0 Å². The molecule has 1 atom stereocenters. The van der Waals surface area contributed by atoms with Crippen LogP contribution in [-0.2, 0) is 14.3 Å². The van der Waals surface area contributed by atoms with Gasteiger partial charge < -0.3 is 9.08 Å². The Morgan fingerprint density at radius 1 is 1.15 bits per heavy atom. The summed E-state index contributed by atoms with van der Waals surface area (Å²) in [5.74, 6) is 0.729. The number of allylic oxidation sites excluding steroid dienone is 1. The van der Waals surface area contributed by atoms with Gasteiger partial charge >= 0.3 is 10.1 Å². The zero-order valence-corrected chi connectivity index (χ0v) is 12.4. The van der Waals surface area contributed by atoms with Crippen molar-refractivity contribution in [2.75, 3.05) is 17.7 Å². The summed E-state index contributed by atoms with van der Waals surface area (Å²) in [5, 5.41) is 0. The standard InChI is InChI=1S/C15H19NO3S/c1-16(12-7-3-2-4-8-12)14-11-20(17,18)19-15-10-6-5-9-13(14)15/h2-4,7-8,14H,5-6,9-11H2,1H3/t14-/m0/s1. The van der Waals surface area contributed by atoms with Gasteiger partial charge in [0.05, 0.1) is 6.04 Å². The SMILES string of the molecule is CN(c1ccccc1)[C@H]1CS(=O)(=O)OC2=C1CCCC2. The number of rotatable bonds is 2. The van der Waals surface area contributed by atoms with Crippen molar-refractivity contribution in [3.8, 4) is 0 Å². The number of hydrogen-bond donors (Lipinski definition) is 0. The molecule has 1 aromatic carbocycles. The first-order valence-corrected chi connectivity index (χ1v) is 8.56. The Morgan fingerprint density at radius 3 is 2.60 bits per heavy atom. The molecular weight excluding hydrogens is 274 g/mol. The van der Waals surface area contributed by atoms with Gasteiger partial charge in [0.1, 0.15) is 11.5 Å². The Balaban J connectivity index is 1.98. The molecule has 1 heterocycles. The van der Waals surface area contributed by atoms with E-state index in [1.165, 1.54) is 0 Å². The minimum absolute atomic E-state index is 0.0389. The molecule has 1 aliphatic carbocycles. The monoisotopic (exact) mass is 293 g/mol. The number of likely N-dealkylation sites (N-methyl/N-ethyl adjacent to an activating group) is 1. The van der Waals surface area contributed by atoms with Crippen molar-refractivity contribution in [1.29, 1.82) is 0 Å². The van der Waals surface area contributed by atoms with Gasteiger partial charge in [-0.15, -0.1) is 0 Å². The maximum absolute atomic E-state index is 12.0. The maximum atomic E-state index is 12.0. The lowest BCUT2D eigenvalue weighted by Gasteiger charge is -2.37. The molecule has 2 aliphatic rings. The highest BCUT2D eigenvalue weighted by Gasteiger charge is 2.36. The average Bonchev–Trinajstić information content (AvgIpc) is 2.45. The van der Waals surface area contributed by atoms with Crippen LogP contribution in [0.15, 0.2) is 41.7 Å². The van der Waals surface area contributed by atoms with Crippen molar-refractivity contribution in [1.82, 2.24) is 0 Å². The van der Waals surface area contributed by atoms with Gasteiger partial charge in [0, 0.05) is 19.2 Å². The van der Waals surface area contributed by atoms with E-state index < -0.39 is 10.1 Å². The molecule has 0 bridgehead atoms. The van der Waals surface area contributed by atoms with Crippen LogP contribution in [0.5, 0.6) is 0 Å². The molecule has 0 saturated heterocycles. The molecule has 0 aromatic heterocycles. The molecule has 3 rings (SSSR count). The summed E-state index contributed by atoms with van der Waals surface area (Å²) in [6.07, 6.45) is 3.80. The van der Waals surface area contributed by atoms with E-state index in [9.17, 15) is 8.42 Å². The average molecular weight is 293 g/mol. The van der Waals surface area contributed by atoms with Crippen LogP contribution >= 0.6 is 0 Å². The van der Waals surface area contributed by atoms with Gasteiger partial charge in [-0.3, -0.25) is 0 Å². The summed E-state index contributed by atoms with van der Waals surface area (Å²) in [7, 11) is -1.50. The third kappa shape index (κ3) is 2.54. The van der Waals surface area contributed by atoms with E-state index >= 15 is 0 Å². The predicted octanol–water partition coefficient (Wildman–Crippen LogP) is 2.68. The zero-order valence-electron chi connectivity index (χ0n) is 11.6. The summed E-state index contributed by atoms with van der Waals surface area (Å²) >= 11 is 0. The van der Waals surface area contributed by atoms with Crippen LogP contribution in [0.1, 0.15) is 25.7 Å². The van der Waals surface area contributed by atoms with Crippen molar-refractivity contribution in [2.45, 2.75) is 31.7 Å². The largest absolute Gasteiger partial charge is 0.387 e. The second-order valence-corrected chi connectivity index (χ2v) is 7.04. The van der Waals surface area contributed by atoms with Gasteiger partial charge in [0.25, 0.3) is 0 Å². The Kier molecular flexibility index (Phi) is 3.46. The van der Waals surface area contributed by atoms with E-state index in [1.54, 1.807) is 0 Å². The van der Waals surface area contributed by atoms with E-state index in [4.69, 9.17) is 4.18 Å². The van der Waals surface area contributed by atoms with E-state index in [2.05, 4.69) is 4.90 Å². The van der Waals surface area contributed by atoms with Crippen LogP contribution in [0.3, 0.4) is 0 Å². The molecule has 0 saturated carbocycles. The number of nitrogens with zero attached hydrogens (tertiary/aromatic N) is 1. The number of anilines is 1. The van der Waals surface area contributed by atoms with Crippen LogP contribution in [-0.4, -0.2) is 27.3 Å². The van der Waals surface area contributed by atoms with Gasteiger partial charge in [-0.05, 0) is 37.0 Å². The van der Waals surface area contributed by atoms with E-state index in [0.717, 1.165) is 36.9 Å². The molecule has 0 amide bonds. The van der Waals surface area contributed by atoms with Crippen LogP contribution in [0.25, 0.3) is 0 Å². The molecular formula is C15H19NO3S. The Morgan fingerprint density at radius 2 is 1.85 bits per heavy atom. The second-order valence-electron chi connectivity index (χ2n) is 5.43. The highest BCUT2D eigenvalue weighted by molar-refractivity contribution is 7.86. The fourth-order valence-corrected chi connectivity index (χ4v) is 4.39. The number of para-hydroxylation sites is 1. The number of hydrogen-bond acceptors (Lipinski definition) is 4. The van der Waals surface area contributed by atoms with Gasteiger partial charge in [0.2, 0.25) is 0 Å². The fourth-order valence-electron chi connectivity index (χ4n) is 3.02. The number of benzene rings is 1. The molecule has 1 aliphatic heterocycles. The summed E-state index contributed by atoms with van der Waals surface area (Å²) in [6.45, 7) is 0. The molecule has 0 N–H and O–H groups in total. The normalized spacial score (nSPS) is 24.8. The minimum atomic E-state index is -3.45. The summed E-state index contributed by atoms with van der Waals surface area (Å²) in [6, 6.07) is 9.80. The summed E-state index contributed by atoms with van der Waals surface area (Å²) in [4.78, 5) is 2.06. The highest BCUT2D eigenvalue weighted by Crippen LogP contribution is 2.36. The first kappa shape index (κ1) is 13.5. The summed E-state index contributed by atoms with van der Waals surface area (Å²) in [5.41, 5.74) is 2.20. The van der Waals surface area contributed by atoms with Crippen molar-refractivity contribution in [2.24, 2.45) is 0 Å². The van der Waals surface area contributed by atoms with E-state index in [-0.39, 0.29) is 11.8 Å². The molecule has 4 nitrogen and oxygen atoms in total. The smallest absolute Gasteiger partial charge is 0.311 e. The Hall–Kier alpha value is -1.49. The molecule has 1 aromatic rings. The lowest BCUT2D eigenvalue weighted by atomic mass is 9.92. The molecule has 0 spiro atoms. The highest BCUT2D eigenvalue weighted by atomic mass is 32.2. The van der Waals surface area contributed by atoms with Crippen molar-refractivity contribution in [3.05, 3.63) is 41.7 Å². The zero-order chi connectivity index (χ0) is 14.2. The Labute approximate surface area is 120 Å². The Bertz CT molecular complexity index is 622. The van der Waals surface area contributed by atoms with E-state index in [0.29, 0.717) is 5.76 Å². The molecule has 0 fully saturated rings. The predicted molar refractivity (Wildman–Crippen MR) is 79.0 cm³/mol.